The molecule has 6 heteroatoms. The van der Waals surface area contributed by atoms with Crippen molar-refractivity contribution < 1.29 is 9.90 Å². The molecular weight excluding hydrogens is 299 g/mol. The Kier molecular flexibility index (Phi) is 6.11. The van der Waals surface area contributed by atoms with Crippen LogP contribution in [0.5, 0.6) is 5.75 Å². The van der Waals surface area contributed by atoms with E-state index in [9.17, 15) is 9.90 Å². The van der Waals surface area contributed by atoms with E-state index in [1.807, 2.05) is 0 Å². The van der Waals surface area contributed by atoms with Crippen LogP contribution in [-0.4, -0.2) is 23.6 Å². The SMILES string of the molecule is Cc1cc(Cl)cc(NC(=O)[C@H]2CCN[C@@H](C)C2)c1O.Cl. The fraction of sp³-hybridized carbons (Fsp3) is 0.500. The maximum absolute atomic E-state index is 12.2. The normalized spacial score (nSPS) is 21.9. The van der Waals surface area contributed by atoms with Crippen molar-refractivity contribution in [2.24, 2.45) is 5.92 Å². The first-order valence-corrected chi connectivity index (χ1v) is 6.88. The highest BCUT2D eigenvalue weighted by Gasteiger charge is 2.25. The first-order valence-electron chi connectivity index (χ1n) is 6.50. The topological polar surface area (TPSA) is 61.4 Å². The zero-order valence-electron chi connectivity index (χ0n) is 11.6. The molecule has 0 unspecified atom stereocenters. The number of hydrogen-bond donors (Lipinski definition) is 3. The number of halogens is 2. The largest absolute Gasteiger partial charge is 0.505 e. The summed E-state index contributed by atoms with van der Waals surface area (Å²) in [5.74, 6) is 0.0139. The van der Waals surface area contributed by atoms with Gasteiger partial charge in [-0.1, -0.05) is 11.6 Å². The molecule has 20 heavy (non-hydrogen) atoms. The standard InChI is InChI=1S/C14H19ClN2O2.ClH/c1-8-5-11(15)7-12(13(8)18)17-14(19)10-3-4-16-9(2)6-10;/h5,7,9-10,16,18H,3-4,6H2,1-2H3,(H,17,19);1H/t9-,10-;/m0./s1. The number of carbonyl (C=O) groups is 1. The summed E-state index contributed by atoms with van der Waals surface area (Å²) in [5, 5.41) is 16.5. The zero-order chi connectivity index (χ0) is 14.0. The van der Waals surface area contributed by atoms with Gasteiger partial charge in [-0.3, -0.25) is 4.79 Å². The van der Waals surface area contributed by atoms with Crippen LogP contribution in [0.15, 0.2) is 12.1 Å². The minimum Gasteiger partial charge on any atom is -0.505 e. The number of aromatic hydroxyl groups is 1. The average Bonchev–Trinajstić information content (AvgIpc) is 2.35. The quantitative estimate of drug-likeness (QED) is 0.734. The lowest BCUT2D eigenvalue weighted by atomic mass is 9.92. The number of piperidine rings is 1. The van der Waals surface area contributed by atoms with Crippen LogP contribution in [0, 0.1) is 12.8 Å². The summed E-state index contributed by atoms with van der Waals surface area (Å²) in [4.78, 5) is 12.2. The van der Waals surface area contributed by atoms with Gasteiger partial charge in [-0.25, -0.2) is 0 Å². The fourth-order valence-electron chi connectivity index (χ4n) is 2.44. The molecule has 0 bridgehead atoms. The van der Waals surface area contributed by atoms with Crippen molar-refractivity contribution in [3.05, 3.63) is 22.7 Å². The second kappa shape index (κ2) is 7.16. The number of anilines is 1. The molecule has 1 aliphatic heterocycles. The van der Waals surface area contributed by atoms with E-state index in [1.54, 1.807) is 19.1 Å². The Morgan fingerprint density at radius 1 is 1.50 bits per heavy atom. The van der Waals surface area contributed by atoms with Gasteiger partial charge in [0.2, 0.25) is 5.91 Å². The summed E-state index contributed by atoms with van der Waals surface area (Å²) >= 11 is 5.94. The van der Waals surface area contributed by atoms with Gasteiger partial charge in [0.25, 0.3) is 0 Å². The van der Waals surface area contributed by atoms with Gasteiger partial charge in [0.05, 0.1) is 5.69 Å². The molecule has 1 fully saturated rings. The van der Waals surface area contributed by atoms with Crippen LogP contribution in [0.1, 0.15) is 25.3 Å². The maximum Gasteiger partial charge on any atom is 0.227 e. The predicted molar refractivity (Wildman–Crippen MR) is 83.9 cm³/mol. The van der Waals surface area contributed by atoms with E-state index in [-0.39, 0.29) is 30.0 Å². The third-order valence-corrected chi connectivity index (χ3v) is 3.74. The maximum atomic E-state index is 12.2. The van der Waals surface area contributed by atoms with Crippen molar-refractivity contribution >= 4 is 35.6 Å². The number of benzene rings is 1. The first kappa shape index (κ1) is 17.1. The van der Waals surface area contributed by atoms with Crippen LogP contribution in [0.4, 0.5) is 5.69 Å². The van der Waals surface area contributed by atoms with Gasteiger partial charge < -0.3 is 15.7 Å². The molecule has 1 amide bonds. The Balaban J connectivity index is 0.00000200. The number of nitrogens with one attached hydrogen (secondary N) is 2. The van der Waals surface area contributed by atoms with Crippen LogP contribution in [0.3, 0.4) is 0 Å². The van der Waals surface area contributed by atoms with Gasteiger partial charge in [-0.05, 0) is 50.9 Å². The number of hydrogen-bond acceptors (Lipinski definition) is 3. The summed E-state index contributed by atoms with van der Waals surface area (Å²) in [6.07, 6.45) is 1.63. The molecule has 1 aliphatic rings. The third-order valence-electron chi connectivity index (χ3n) is 3.52. The second-order valence-electron chi connectivity index (χ2n) is 5.18. The highest BCUT2D eigenvalue weighted by molar-refractivity contribution is 6.31. The molecular formula is C14H20Cl2N2O2. The molecule has 1 aromatic rings. The lowest BCUT2D eigenvalue weighted by molar-refractivity contribution is -0.120. The summed E-state index contributed by atoms with van der Waals surface area (Å²) in [6, 6.07) is 3.59. The summed E-state index contributed by atoms with van der Waals surface area (Å²) < 4.78 is 0. The molecule has 2 atom stereocenters. The van der Waals surface area contributed by atoms with E-state index in [0.717, 1.165) is 19.4 Å². The Labute approximate surface area is 130 Å². The molecule has 0 saturated carbocycles. The molecule has 0 radical (unpaired) electrons. The van der Waals surface area contributed by atoms with Crippen LogP contribution in [0.25, 0.3) is 0 Å². The Hall–Kier alpha value is -0.970. The smallest absolute Gasteiger partial charge is 0.227 e. The highest BCUT2D eigenvalue weighted by Crippen LogP contribution is 2.31. The Bertz CT molecular complexity index is 494. The van der Waals surface area contributed by atoms with E-state index in [0.29, 0.717) is 22.3 Å². The first-order chi connectivity index (χ1) is 8.97. The van der Waals surface area contributed by atoms with Crippen molar-refractivity contribution in [1.82, 2.24) is 5.32 Å². The number of phenolic OH excluding ortho intramolecular Hbond substituents is 1. The third kappa shape index (κ3) is 4.01. The molecule has 0 spiro atoms. The van der Waals surface area contributed by atoms with Gasteiger partial charge in [0.1, 0.15) is 5.75 Å². The number of amides is 1. The molecule has 1 saturated heterocycles. The molecule has 112 valence electrons. The second-order valence-corrected chi connectivity index (χ2v) is 5.62. The van der Waals surface area contributed by atoms with Gasteiger partial charge >= 0.3 is 0 Å². The van der Waals surface area contributed by atoms with Gasteiger partial charge in [0, 0.05) is 17.0 Å². The lowest BCUT2D eigenvalue weighted by Gasteiger charge is -2.27. The van der Waals surface area contributed by atoms with E-state index in [1.165, 1.54) is 0 Å². The van der Waals surface area contributed by atoms with Crippen LogP contribution < -0.4 is 10.6 Å². The molecule has 1 aromatic carbocycles. The van der Waals surface area contributed by atoms with Crippen molar-refractivity contribution in [1.29, 1.82) is 0 Å². The molecule has 3 N–H and O–H groups in total. The van der Waals surface area contributed by atoms with Gasteiger partial charge in [-0.2, -0.15) is 0 Å². The van der Waals surface area contributed by atoms with Crippen LogP contribution in [0.2, 0.25) is 5.02 Å². The van der Waals surface area contributed by atoms with Gasteiger partial charge in [0.15, 0.2) is 0 Å². The molecule has 0 aromatic heterocycles. The van der Waals surface area contributed by atoms with Crippen LogP contribution >= 0.6 is 24.0 Å². The highest BCUT2D eigenvalue weighted by atomic mass is 35.5. The van der Waals surface area contributed by atoms with Crippen molar-refractivity contribution in [3.8, 4) is 5.75 Å². The molecule has 0 aliphatic carbocycles. The number of phenols is 1. The summed E-state index contributed by atoms with van der Waals surface area (Å²) in [7, 11) is 0. The van der Waals surface area contributed by atoms with E-state index >= 15 is 0 Å². The lowest BCUT2D eigenvalue weighted by Crippen LogP contribution is -2.40. The number of rotatable bonds is 2. The Morgan fingerprint density at radius 3 is 2.85 bits per heavy atom. The fourth-order valence-corrected chi connectivity index (χ4v) is 2.71. The Morgan fingerprint density at radius 2 is 2.20 bits per heavy atom. The monoisotopic (exact) mass is 318 g/mol. The van der Waals surface area contributed by atoms with Gasteiger partial charge in [-0.15, -0.1) is 12.4 Å². The van der Waals surface area contributed by atoms with Crippen LogP contribution in [-0.2, 0) is 4.79 Å². The average molecular weight is 319 g/mol. The predicted octanol–water partition coefficient (Wildman–Crippen LogP) is 3.10. The minimum absolute atomic E-state index is 0. The molecule has 2 rings (SSSR count). The van der Waals surface area contributed by atoms with Crippen molar-refractivity contribution in [3.63, 3.8) is 0 Å². The zero-order valence-corrected chi connectivity index (χ0v) is 13.1. The van der Waals surface area contributed by atoms with E-state index in [4.69, 9.17) is 11.6 Å². The number of aryl methyl sites for hydroxylation is 1. The summed E-state index contributed by atoms with van der Waals surface area (Å²) in [5.41, 5.74) is 1.04. The molecule has 4 nitrogen and oxygen atoms in total. The summed E-state index contributed by atoms with van der Waals surface area (Å²) in [6.45, 7) is 4.67. The van der Waals surface area contributed by atoms with E-state index in [2.05, 4.69) is 17.6 Å². The molecule has 1 heterocycles. The van der Waals surface area contributed by atoms with E-state index < -0.39 is 0 Å². The minimum atomic E-state index is -0.0506. The van der Waals surface area contributed by atoms with Crippen molar-refractivity contribution in [2.75, 3.05) is 11.9 Å². The number of carbonyl (C=O) groups excluding carboxylic acids is 1. The van der Waals surface area contributed by atoms with Crippen molar-refractivity contribution in [2.45, 2.75) is 32.7 Å².